The Morgan fingerprint density at radius 1 is 1.36 bits per heavy atom. The lowest BCUT2D eigenvalue weighted by atomic mass is 10.0. The van der Waals surface area contributed by atoms with E-state index in [9.17, 15) is 0 Å². The maximum atomic E-state index is 5.73. The smallest absolute Gasteiger partial charge is 0.0449 e. The first-order valence-corrected chi connectivity index (χ1v) is 5.34. The lowest BCUT2D eigenvalue weighted by molar-refractivity contribution is 0.647. The molecule has 0 aliphatic heterocycles. The first-order chi connectivity index (χ1) is 6.63. The van der Waals surface area contributed by atoms with Gasteiger partial charge in [-0.05, 0) is 28.9 Å². The minimum absolute atomic E-state index is 0.693. The standard InChI is InChI=1S/C12H17NS/c1-9(2)7-10-3-5-11(6-4-10)12(13)8-14/h3-6,8-9,14H,7,13H2,1-2H3/b12-8-. The molecule has 0 radical (unpaired) electrons. The van der Waals surface area contributed by atoms with Gasteiger partial charge in [0.15, 0.2) is 0 Å². The predicted molar refractivity (Wildman–Crippen MR) is 66.1 cm³/mol. The van der Waals surface area contributed by atoms with Crippen LogP contribution in [0.2, 0.25) is 0 Å². The number of nitrogens with two attached hydrogens (primary N) is 1. The minimum Gasteiger partial charge on any atom is -0.398 e. The molecule has 0 saturated carbocycles. The van der Waals surface area contributed by atoms with Crippen molar-refractivity contribution in [3.8, 4) is 0 Å². The molecule has 0 fully saturated rings. The zero-order valence-electron chi connectivity index (χ0n) is 8.70. The molecule has 0 aromatic heterocycles. The van der Waals surface area contributed by atoms with E-state index in [4.69, 9.17) is 5.73 Å². The Hall–Kier alpha value is -0.890. The molecule has 0 bridgehead atoms. The molecule has 0 spiro atoms. The van der Waals surface area contributed by atoms with Gasteiger partial charge < -0.3 is 5.73 Å². The fraction of sp³-hybridized carbons (Fsp3) is 0.333. The van der Waals surface area contributed by atoms with Crippen LogP contribution in [-0.2, 0) is 6.42 Å². The van der Waals surface area contributed by atoms with Crippen molar-refractivity contribution in [1.29, 1.82) is 0 Å². The van der Waals surface area contributed by atoms with Crippen molar-refractivity contribution in [2.45, 2.75) is 20.3 Å². The summed E-state index contributed by atoms with van der Waals surface area (Å²) < 4.78 is 0. The summed E-state index contributed by atoms with van der Waals surface area (Å²) in [6.45, 7) is 4.44. The molecule has 1 nitrogen and oxygen atoms in total. The summed E-state index contributed by atoms with van der Waals surface area (Å²) in [6, 6.07) is 8.33. The molecule has 76 valence electrons. The molecule has 1 rings (SSSR count). The van der Waals surface area contributed by atoms with Gasteiger partial charge in [-0.1, -0.05) is 38.1 Å². The van der Waals surface area contributed by atoms with E-state index in [1.165, 1.54) is 5.56 Å². The van der Waals surface area contributed by atoms with Crippen molar-refractivity contribution in [1.82, 2.24) is 0 Å². The molecule has 0 heterocycles. The molecule has 0 amide bonds. The van der Waals surface area contributed by atoms with E-state index in [0.29, 0.717) is 11.6 Å². The van der Waals surface area contributed by atoms with E-state index in [0.717, 1.165) is 12.0 Å². The largest absolute Gasteiger partial charge is 0.398 e. The Kier molecular flexibility index (Phi) is 4.08. The third-order valence-electron chi connectivity index (χ3n) is 2.07. The molecule has 2 heteroatoms. The molecular weight excluding hydrogens is 190 g/mol. The van der Waals surface area contributed by atoms with Gasteiger partial charge in [0.1, 0.15) is 0 Å². The van der Waals surface area contributed by atoms with Gasteiger partial charge in [0.2, 0.25) is 0 Å². The average Bonchev–Trinajstić information content (AvgIpc) is 2.17. The fourth-order valence-corrected chi connectivity index (χ4v) is 1.53. The second-order valence-corrected chi connectivity index (χ2v) is 4.14. The van der Waals surface area contributed by atoms with Crippen LogP contribution >= 0.6 is 12.6 Å². The van der Waals surface area contributed by atoms with E-state index in [1.54, 1.807) is 5.41 Å². The highest BCUT2D eigenvalue weighted by Gasteiger charge is 1.99. The van der Waals surface area contributed by atoms with Crippen LogP contribution < -0.4 is 5.73 Å². The fourth-order valence-electron chi connectivity index (χ4n) is 1.38. The highest BCUT2D eigenvalue weighted by Crippen LogP contribution is 2.13. The van der Waals surface area contributed by atoms with Gasteiger partial charge in [0.05, 0.1) is 0 Å². The van der Waals surface area contributed by atoms with Gasteiger partial charge in [-0.3, -0.25) is 0 Å². The van der Waals surface area contributed by atoms with Crippen molar-refractivity contribution >= 4 is 18.3 Å². The average molecular weight is 207 g/mol. The van der Waals surface area contributed by atoms with Gasteiger partial charge in [0.25, 0.3) is 0 Å². The van der Waals surface area contributed by atoms with Crippen LogP contribution in [0.3, 0.4) is 0 Å². The molecule has 1 aromatic carbocycles. The van der Waals surface area contributed by atoms with Gasteiger partial charge >= 0.3 is 0 Å². The third-order valence-corrected chi connectivity index (χ3v) is 2.35. The Labute approximate surface area is 91.4 Å². The zero-order valence-corrected chi connectivity index (χ0v) is 9.59. The van der Waals surface area contributed by atoms with Crippen LogP contribution in [0.25, 0.3) is 5.70 Å². The molecule has 0 unspecified atom stereocenters. The van der Waals surface area contributed by atoms with Crippen molar-refractivity contribution in [2.24, 2.45) is 11.7 Å². The highest BCUT2D eigenvalue weighted by molar-refractivity contribution is 7.83. The van der Waals surface area contributed by atoms with Crippen molar-refractivity contribution in [3.05, 3.63) is 40.8 Å². The van der Waals surface area contributed by atoms with E-state index < -0.39 is 0 Å². The molecule has 0 atom stereocenters. The van der Waals surface area contributed by atoms with Crippen molar-refractivity contribution < 1.29 is 0 Å². The Morgan fingerprint density at radius 2 is 1.93 bits per heavy atom. The normalized spacial score (nSPS) is 12.1. The lowest BCUT2D eigenvalue weighted by Crippen LogP contribution is -1.97. The zero-order chi connectivity index (χ0) is 10.6. The summed E-state index contributed by atoms with van der Waals surface area (Å²) in [4.78, 5) is 0. The number of rotatable bonds is 3. The van der Waals surface area contributed by atoms with Crippen LogP contribution in [-0.4, -0.2) is 0 Å². The predicted octanol–water partition coefficient (Wildman–Crippen LogP) is 3.07. The van der Waals surface area contributed by atoms with Gasteiger partial charge in [0, 0.05) is 5.70 Å². The van der Waals surface area contributed by atoms with Crippen LogP contribution in [0, 0.1) is 5.92 Å². The molecule has 1 aromatic rings. The second-order valence-electron chi connectivity index (χ2n) is 3.88. The van der Waals surface area contributed by atoms with E-state index >= 15 is 0 Å². The SMILES string of the molecule is CC(C)Cc1ccc(/C(N)=C/S)cc1. The maximum absolute atomic E-state index is 5.73. The Bertz CT molecular complexity index is 312. The molecule has 0 aliphatic rings. The lowest BCUT2D eigenvalue weighted by Gasteiger charge is -2.06. The quantitative estimate of drug-likeness (QED) is 0.732. The van der Waals surface area contributed by atoms with E-state index in [2.05, 4.69) is 38.6 Å². The third kappa shape index (κ3) is 3.11. The van der Waals surface area contributed by atoms with Crippen molar-refractivity contribution in [3.63, 3.8) is 0 Å². The van der Waals surface area contributed by atoms with Gasteiger partial charge in [-0.15, -0.1) is 12.6 Å². The van der Waals surface area contributed by atoms with Crippen LogP contribution in [0.5, 0.6) is 0 Å². The monoisotopic (exact) mass is 207 g/mol. The second kappa shape index (κ2) is 5.11. The van der Waals surface area contributed by atoms with Gasteiger partial charge in [-0.2, -0.15) is 0 Å². The minimum atomic E-state index is 0.693. The number of thiol groups is 1. The topological polar surface area (TPSA) is 26.0 Å². The number of hydrogen-bond donors (Lipinski definition) is 2. The molecule has 2 N–H and O–H groups in total. The Balaban J connectivity index is 2.78. The van der Waals surface area contributed by atoms with Crippen molar-refractivity contribution in [2.75, 3.05) is 0 Å². The summed E-state index contributed by atoms with van der Waals surface area (Å²) in [5.74, 6) is 0.693. The first-order valence-electron chi connectivity index (χ1n) is 4.82. The number of benzene rings is 1. The van der Waals surface area contributed by atoms with Crippen LogP contribution in [0.1, 0.15) is 25.0 Å². The Morgan fingerprint density at radius 3 is 2.36 bits per heavy atom. The van der Waals surface area contributed by atoms with Crippen LogP contribution in [0.15, 0.2) is 29.7 Å². The molecule has 14 heavy (non-hydrogen) atoms. The summed E-state index contributed by atoms with van der Waals surface area (Å²) >= 11 is 4.02. The van der Waals surface area contributed by atoms with Crippen LogP contribution in [0.4, 0.5) is 0 Å². The molecule has 0 saturated heterocycles. The molecule has 0 aliphatic carbocycles. The highest BCUT2D eigenvalue weighted by atomic mass is 32.1. The molecular formula is C12H17NS. The summed E-state index contributed by atoms with van der Waals surface area (Å²) in [5, 5.41) is 1.62. The summed E-state index contributed by atoms with van der Waals surface area (Å²) in [7, 11) is 0. The summed E-state index contributed by atoms with van der Waals surface area (Å²) in [5.41, 5.74) is 8.83. The number of hydrogen-bond acceptors (Lipinski definition) is 2. The maximum Gasteiger partial charge on any atom is 0.0449 e. The first kappa shape index (κ1) is 11.2. The summed E-state index contributed by atoms with van der Waals surface area (Å²) in [6.07, 6.45) is 1.12. The van der Waals surface area contributed by atoms with E-state index in [-0.39, 0.29) is 0 Å². The van der Waals surface area contributed by atoms with Gasteiger partial charge in [-0.25, -0.2) is 0 Å². The van der Waals surface area contributed by atoms with E-state index in [1.807, 2.05) is 12.1 Å².